The van der Waals surface area contributed by atoms with Crippen LogP contribution in [0, 0.1) is 0 Å². The van der Waals surface area contributed by atoms with Crippen molar-refractivity contribution < 1.29 is 47.6 Å². The molecular formula is C62H64N4O10. The van der Waals surface area contributed by atoms with Crippen molar-refractivity contribution >= 4 is 23.6 Å². The molecule has 2 N–H and O–H groups in total. The molecule has 14 heteroatoms. The lowest BCUT2D eigenvalue weighted by Gasteiger charge is -2.30. The largest absolute Gasteiger partial charge is 0.490 e. The number of hydrogen-bond donors (Lipinski definition) is 2. The quantitative estimate of drug-likeness (QED) is 0.154. The van der Waals surface area contributed by atoms with Crippen LogP contribution in [0.1, 0.15) is 94.6 Å². The molecule has 4 heterocycles. The molecule has 4 aliphatic rings. The van der Waals surface area contributed by atoms with Gasteiger partial charge in [0, 0.05) is 39.8 Å². The molecule has 0 aliphatic carbocycles. The lowest BCUT2D eigenvalue weighted by molar-refractivity contribution is -0.126. The van der Waals surface area contributed by atoms with Crippen LogP contribution in [-0.2, 0) is 22.4 Å². The van der Waals surface area contributed by atoms with Gasteiger partial charge in [-0.2, -0.15) is 0 Å². The number of rotatable bonds is 6. The summed E-state index contributed by atoms with van der Waals surface area (Å²) in [4.78, 5) is 58.4. The molecule has 4 amide bonds. The highest BCUT2D eigenvalue weighted by atomic mass is 16.7. The van der Waals surface area contributed by atoms with Crippen molar-refractivity contribution in [2.24, 2.45) is 0 Å². The molecular weight excluding hydrogens is 961 g/mol. The van der Waals surface area contributed by atoms with Gasteiger partial charge in [0.05, 0.1) is 35.4 Å². The number of hydrogen-bond acceptors (Lipinski definition) is 10. The van der Waals surface area contributed by atoms with E-state index in [0.29, 0.717) is 84.1 Å². The lowest BCUT2D eigenvalue weighted by atomic mass is 9.99. The molecule has 0 saturated carbocycles. The molecule has 0 radical (unpaired) electrons. The van der Waals surface area contributed by atoms with E-state index in [4.69, 9.17) is 28.4 Å². The summed E-state index contributed by atoms with van der Waals surface area (Å²) in [7, 11) is 3.36. The van der Waals surface area contributed by atoms with E-state index in [2.05, 4.69) is 34.9 Å². The molecule has 4 aliphatic heterocycles. The Hall–Kier alpha value is -8.52. The average Bonchev–Trinajstić information content (AvgIpc) is 4.13. The van der Waals surface area contributed by atoms with Crippen LogP contribution in [0.5, 0.6) is 34.5 Å². The second kappa shape index (κ2) is 24.7. The van der Waals surface area contributed by atoms with Gasteiger partial charge in [-0.3, -0.25) is 19.2 Å². The Kier molecular flexibility index (Phi) is 17.0. The van der Waals surface area contributed by atoms with Crippen LogP contribution in [0.25, 0.3) is 0 Å². The van der Waals surface area contributed by atoms with Crippen molar-refractivity contribution in [1.29, 1.82) is 0 Å². The Balaban J connectivity index is 0.000000186. The van der Waals surface area contributed by atoms with Crippen LogP contribution >= 0.6 is 0 Å². The van der Waals surface area contributed by atoms with Crippen LogP contribution in [-0.4, -0.2) is 85.4 Å². The van der Waals surface area contributed by atoms with Crippen molar-refractivity contribution in [2.75, 3.05) is 27.7 Å². The van der Waals surface area contributed by atoms with Gasteiger partial charge in [0.2, 0.25) is 25.4 Å². The SMILES string of the molecule is C[C@@H]1C/C=C/C[C@H](c2ccc3c(c2)OCO3)NC(=O)[C@H](Cc2ccccc2)N(C)C(=O)c2ccccc2O1.C[C@@H]1C/C=C\C[C@H](c2ccc3c(c2)OCO3)NC(=O)[C@H](Cc2ccccc2)N(C)C(=O)c2ccccc2O1. The van der Waals surface area contributed by atoms with Crippen LogP contribution in [0.4, 0.5) is 0 Å². The van der Waals surface area contributed by atoms with Gasteiger partial charge >= 0.3 is 0 Å². The second-order valence-electron chi connectivity index (χ2n) is 19.3. The number of amides is 4. The van der Waals surface area contributed by atoms with Crippen molar-refractivity contribution in [3.63, 3.8) is 0 Å². The van der Waals surface area contributed by atoms with E-state index in [1.807, 2.05) is 135 Å². The van der Waals surface area contributed by atoms with Gasteiger partial charge in [-0.05, 0) is 97.5 Å². The first kappa shape index (κ1) is 52.3. The maximum absolute atomic E-state index is 13.9. The predicted molar refractivity (Wildman–Crippen MR) is 289 cm³/mol. The summed E-state index contributed by atoms with van der Waals surface area (Å²) in [6, 6.07) is 43.2. The van der Waals surface area contributed by atoms with E-state index in [1.165, 1.54) is 9.80 Å². The van der Waals surface area contributed by atoms with E-state index in [9.17, 15) is 19.2 Å². The minimum Gasteiger partial charge on any atom is -0.490 e. The number of fused-ring (bicyclic) bond motifs is 4. The third-order valence-corrected chi connectivity index (χ3v) is 13.9. The lowest BCUT2D eigenvalue weighted by Crippen LogP contribution is -2.49. The summed E-state index contributed by atoms with van der Waals surface area (Å²) in [6.07, 6.45) is 11.2. The molecule has 0 fully saturated rings. The van der Waals surface area contributed by atoms with E-state index in [-0.39, 0.29) is 61.5 Å². The zero-order valence-corrected chi connectivity index (χ0v) is 43.3. The molecule has 6 aromatic carbocycles. The minimum atomic E-state index is -0.737. The average molecular weight is 1030 g/mol. The van der Waals surface area contributed by atoms with Gasteiger partial charge in [0.1, 0.15) is 23.6 Å². The van der Waals surface area contributed by atoms with Crippen LogP contribution < -0.4 is 39.1 Å². The number of carbonyl (C=O) groups is 4. The van der Waals surface area contributed by atoms with E-state index >= 15 is 0 Å². The van der Waals surface area contributed by atoms with Crippen LogP contribution in [0.3, 0.4) is 0 Å². The van der Waals surface area contributed by atoms with Crippen molar-refractivity contribution in [1.82, 2.24) is 20.4 Å². The third kappa shape index (κ3) is 12.9. The maximum Gasteiger partial charge on any atom is 0.258 e. The highest BCUT2D eigenvalue weighted by Crippen LogP contribution is 2.37. The number of carbonyl (C=O) groups excluding carboxylic acids is 4. The Morgan fingerprint density at radius 2 is 0.803 bits per heavy atom. The third-order valence-electron chi connectivity index (χ3n) is 13.9. The summed E-state index contributed by atoms with van der Waals surface area (Å²) in [5.74, 6) is 2.72. The first-order valence-electron chi connectivity index (χ1n) is 25.8. The summed E-state index contributed by atoms with van der Waals surface area (Å²) in [6.45, 7) is 4.33. The van der Waals surface area contributed by atoms with Crippen molar-refractivity contribution in [3.8, 4) is 34.5 Å². The van der Waals surface area contributed by atoms with Crippen molar-refractivity contribution in [3.05, 3.63) is 203 Å². The fourth-order valence-electron chi connectivity index (χ4n) is 9.56. The number of para-hydroxylation sites is 2. The summed E-state index contributed by atoms with van der Waals surface area (Å²) >= 11 is 0. The van der Waals surface area contributed by atoms with Crippen molar-refractivity contribution in [2.45, 2.75) is 88.7 Å². The molecule has 392 valence electrons. The molecule has 0 unspecified atom stereocenters. The van der Waals surface area contributed by atoms with Gasteiger partial charge in [-0.15, -0.1) is 0 Å². The number of nitrogens with one attached hydrogen (secondary N) is 2. The molecule has 10 rings (SSSR count). The number of benzene rings is 6. The fraction of sp³-hybridized carbons (Fsp3) is 0.290. The number of likely N-dealkylation sites (N-methyl/N-ethyl adjacent to an activating group) is 2. The predicted octanol–water partition coefficient (Wildman–Crippen LogP) is 10.1. The highest BCUT2D eigenvalue weighted by Gasteiger charge is 2.34. The molecule has 0 bridgehead atoms. The van der Waals surface area contributed by atoms with Gasteiger partial charge in [-0.1, -0.05) is 121 Å². The summed E-state index contributed by atoms with van der Waals surface area (Å²) in [5, 5.41) is 6.45. The molecule has 0 aromatic heterocycles. The molecule has 6 atom stereocenters. The molecule has 76 heavy (non-hydrogen) atoms. The maximum atomic E-state index is 13.9. The number of ether oxygens (including phenoxy) is 6. The Morgan fingerprint density at radius 1 is 0.434 bits per heavy atom. The van der Waals surface area contributed by atoms with E-state index in [0.717, 1.165) is 22.3 Å². The van der Waals surface area contributed by atoms with Gasteiger partial charge < -0.3 is 48.9 Å². The van der Waals surface area contributed by atoms with E-state index < -0.39 is 12.1 Å². The Labute approximate surface area is 444 Å². The Bertz CT molecular complexity index is 2850. The molecule has 14 nitrogen and oxygen atoms in total. The topological polar surface area (TPSA) is 154 Å². The van der Waals surface area contributed by atoms with Crippen LogP contribution in [0.2, 0.25) is 0 Å². The van der Waals surface area contributed by atoms with Crippen LogP contribution in [0.15, 0.2) is 170 Å². The van der Waals surface area contributed by atoms with Gasteiger partial charge in [0.25, 0.3) is 11.8 Å². The minimum absolute atomic E-state index is 0.132. The standard InChI is InChI=1S/2C31H32N2O5/c2*1-21-10-6-8-14-25(23-16-17-28-29(19-23)37-20-36-28)32-30(34)26(18-22-11-4-3-5-12-22)33(2)31(35)24-13-7-9-15-27(24)38-21/h2*3-9,11-13,15-17,19,21,25-26H,10,14,18,20H2,1-2H3,(H,32,34)/b8-6+;8-6-/t2*21-,25-,26+/m11/s1. The second-order valence-corrected chi connectivity index (χ2v) is 19.3. The zero-order valence-electron chi connectivity index (χ0n) is 43.3. The Morgan fingerprint density at radius 3 is 1.22 bits per heavy atom. The summed E-state index contributed by atoms with van der Waals surface area (Å²) < 4.78 is 34.4. The van der Waals surface area contributed by atoms with E-state index in [1.54, 1.807) is 38.4 Å². The fourth-order valence-corrected chi connectivity index (χ4v) is 9.56. The highest BCUT2D eigenvalue weighted by molar-refractivity contribution is 6.00. The molecule has 0 saturated heterocycles. The molecule has 6 aromatic rings. The summed E-state index contributed by atoms with van der Waals surface area (Å²) in [5.41, 5.74) is 4.60. The molecule has 0 spiro atoms. The first-order chi connectivity index (χ1) is 37.0. The van der Waals surface area contributed by atoms with Gasteiger partial charge in [-0.25, -0.2) is 0 Å². The van der Waals surface area contributed by atoms with Gasteiger partial charge in [0.15, 0.2) is 23.0 Å². The smallest absolute Gasteiger partial charge is 0.258 e. The normalized spacial score (nSPS) is 22.6. The number of nitrogens with zero attached hydrogens (tertiary/aromatic N) is 2. The zero-order chi connectivity index (χ0) is 53.0. The first-order valence-corrected chi connectivity index (χ1v) is 25.8. The monoisotopic (exact) mass is 1020 g/mol.